The number of fused-ring (bicyclic) bond motifs is 1. The fraction of sp³-hybridized carbons (Fsp3) is 0.250. The summed E-state index contributed by atoms with van der Waals surface area (Å²) in [7, 11) is 2.11. The summed E-state index contributed by atoms with van der Waals surface area (Å²) in [4.78, 5) is 24.0. The van der Waals surface area contributed by atoms with Gasteiger partial charge in [0.15, 0.2) is 6.29 Å². The Morgan fingerprint density at radius 3 is 2.25 bits per heavy atom. The number of carbonyl (C=O) groups is 1. The van der Waals surface area contributed by atoms with Crippen LogP contribution in [0.5, 0.6) is 0 Å². The van der Waals surface area contributed by atoms with Crippen LogP contribution >= 0.6 is 0 Å². The van der Waals surface area contributed by atoms with Crippen LogP contribution in [0.3, 0.4) is 0 Å². The molecule has 224 valence electrons. The second-order valence-corrected chi connectivity index (χ2v) is 11.3. The number of nitrogens with one attached hydrogen (secondary N) is 1. The predicted octanol–water partition coefficient (Wildman–Crippen LogP) is 6.30. The highest BCUT2D eigenvalue weighted by Gasteiger charge is 2.38. The number of hydrogen-bond acceptors (Lipinski definition) is 7. The van der Waals surface area contributed by atoms with E-state index in [0.717, 1.165) is 35.3 Å². The van der Waals surface area contributed by atoms with E-state index in [-0.39, 0.29) is 36.3 Å². The molecule has 0 radical (unpaired) electrons. The first-order valence-electron chi connectivity index (χ1n) is 14.8. The topological polar surface area (TPSA) is 96.8 Å². The Kier molecular flexibility index (Phi) is 9.04. The molecule has 0 aliphatic carbocycles. The Hall–Kier alpha value is -4.47. The smallest absolute Gasteiger partial charge is 0.275 e. The summed E-state index contributed by atoms with van der Waals surface area (Å²) in [5, 5.41) is 12.5. The Labute approximate surface area is 257 Å². The van der Waals surface area contributed by atoms with Crippen LogP contribution in [0.15, 0.2) is 109 Å². The zero-order valence-electron chi connectivity index (χ0n) is 24.8. The summed E-state index contributed by atoms with van der Waals surface area (Å²) in [6, 6.07) is 33.3. The highest BCUT2D eigenvalue weighted by atomic mass is 16.7. The summed E-state index contributed by atoms with van der Waals surface area (Å²) >= 11 is 0. The predicted molar refractivity (Wildman–Crippen MR) is 170 cm³/mol. The molecule has 44 heavy (non-hydrogen) atoms. The van der Waals surface area contributed by atoms with Gasteiger partial charge in [0.1, 0.15) is 5.69 Å². The number of likely N-dealkylation sites (N-methyl/N-ethyl adjacent to an activating group) is 1. The quantitative estimate of drug-likeness (QED) is 0.209. The third-order valence-electron chi connectivity index (χ3n) is 8.03. The SMILES string of the molecule is C[C@H]1[C@@H](CN(C)Cc2ccccc2)O[C@@H](c2ccc(NC(=O)c3cnc4ccccc4n3)cc2)O[C@H]1c1ccc(CO)cc1. The first kappa shape index (κ1) is 29.6. The van der Waals surface area contributed by atoms with Crippen LogP contribution in [0.25, 0.3) is 11.0 Å². The summed E-state index contributed by atoms with van der Waals surface area (Å²) in [6.07, 6.45) is 0.581. The number of aliphatic hydroxyl groups excluding tert-OH is 1. The van der Waals surface area contributed by atoms with Gasteiger partial charge in [-0.15, -0.1) is 0 Å². The fourth-order valence-electron chi connectivity index (χ4n) is 5.58. The zero-order chi connectivity index (χ0) is 30.5. The van der Waals surface area contributed by atoms with E-state index in [1.807, 2.05) is 78.9 Å². The number of aliphatic hydroxyl groups is 1. The van der Waals surface area contributed by atoms with Crippen LogP contribution in [-0.4, -0.2) is 45.6 Å². The molecular weight excluding hydrogens is 552 g/mol. The first-order valence-corrected chi connectivity index (χ1v) is 14.8. The minimum absolute atomic E-state index is 0.00365. The van der Waals surface area contributed by atoms with Gasteiger partial charge < -0.3 is 19.9 Å². The van der Waals surface area contributed by atoms with E-state index in [2.05, 4.69) is 58.4 Å². The summed E-state index contributed by atoms with van der Waals surface area (Å²) in [5.41, 5.74) is 6.29. The van der Waals surface area contributed by atoms with Crippen molar-refractivity contribution < 1.29 is 19.4 Å². The van der Waals surface area contributed by atoms with Gasteiger partial charge in [-0.25, -0.2) is 4.98 Å². The van der Waals surface area contributed by atoms with E-state index < -0.39 is 6.29 Å². The second-order valence-electron chi connectivity index (χ2n) is 11.3. The van der Waals surface area contributed by atoms with Crippen LogP contribution in [-0.2, 0) is 22.6 Å². The van der Waals surface area contributed by atoms with Gasteiger partial charge in [0.25, 0.3) is 5.91 Å². The van der Waals surface area contributed by atoms with Gasteiger partial charge in [-0.05, 0) is 48.0 Å². The zero-order valence-corrected chi connectivity index (χ0v) is 24.8. The Balaban J connectivity index is 1.19. The first-order chi connectivity index (χ1) is 21.5. The minimum atomic E-state index is -0.597. The molecule has 2 heterocycles. The van der Waals surface area contributed by atoms with E-state index in [1.165, 1.54) is 11.8 Å². The number of benzene rings is 4. The average Bonchev–Trinajstić information content (AvgIpc) is 3.06. The monoisotopic (exact) mass is 588 g/mol. The van der Waals surface area contributed by atoms with Crippen molar-refractivity contribution in [3.05, 3.63) is 137 Å². The van der Waals surface area contributed by atoms with Gasteiger partial charge in [-0.1, -0.05) is 85.8 Å². The summed E-state index contributed by atoms with van der Waals surface area (Å²) < 4.78 is 13.2. The number of hydrogen-bond donors (Lipinski definition) is 2. The van der Waals surface area contributed by atoms with Gasteiger partial charge in [0.2, 0.25) is 0 Å². The number of para-hydroxylation sites is 2. The van der Waals surface area contributed by atoms with Crippen molar-refractivity contribution in [2.75, 3.05) is 18.9 Å². The maximum Gasteiger partial charge on any atom is 0.275 e. The van der Waals surface area contributed by atoms with Gasteiger partial charge in [-0.2, -0.15) is 0 Å². The Morgan fingerprint density at radius 1 is 0.841 bits per heavy atom. The van der Waals surface area contributed by atoms with E-state index in [4.69, 9.17) is 9.47 Å². The van der Waals surface area contributed by atoms with Crippen molar-refractivity contribution in [2.24, 2.45) is 5.92 Å². The molecule has 1 aliphatic heterocycles. The normalized spacial score (nSPS) is 20.1. The third kappa shape index (κ3) is 6.85. The summed E-state index contributed by atoms with van der Waals surface area (Å²) in [6.45, 7) is 3.69. The molecule has 0 saturated carbocycles. The third-order valence-corrected chi connectivity index (χ3v) is 8.03. The Bertz CT molecular complexity index is 1700. The number of anilines is 1. The Morgan fingerprint density at radius 2 is 1.52 bits per heavy atom. The second kappa shape index (κ2) is 13.4. The fourth-order valence-corrected chi connectivity index (χ4v) is 5.58. The molecule has 1 aliphatic rings. The average molecular weight is 589 g/mol. The molecular formula is C36H36N4O4. The van der Waals surface area contributed by atoms with Crippen LogP contribution in [0, 0.1) is 5.92 Å². The molecule has 1 fully saturated rings. The number of carbonyl (C=O) groups excluding carboxylic acids is 1. The summed E-state index contributed by atoms with van der Waals surface area (Å²) in [5.74, 6) is -0.256. The highest BCUT2D eigenvalue weighted by molar-refractivity contribution is 6.03. The lowest BCUT2D eigenvalue weighted by Crippen LogP contribution is -2.43. The van der Waals surface area contributed by atoms with E-state index in [1.54, 1.807) is 0 Å². The molecule has 8 heteroatoms. The molecule has 0 bridgehead atoms. The van der Waals surface area contributed by atoms with Crippen LogP contribution in [0.2, 0.25) is 0 Å². The molecule has 2 N–H and O–H groups in total. The molecule has 4 atom stereocenters. The number of nitrogens with zero attached hydrogens (tertiary/aromatic N) is 3. The standard InChI is InChI=1S/C36H36N4O4/c1-24-33(22-40(2)21-25-8-4-3-5-9-25)43-36(44-34(24)27-14-12-26(23-41)13-15-27)28-16-18-29(19-17-28)38-35(42)32-20-37-30-10-6-7-11-31(30)39-32/h3-20,24,33-34,36,41H,21-23H2,1-2H3,(H,38,42)/t24-,33+,34+,36+/m0/s1. The van der Waals surface area contributed by atoms with E-state index in [0.29, 0.717) is 11.2 Å². The van der Waals surface area contributed by atoms with Gasteiger partial charge in [0, 0.05) is 30.3 Å². The largest absolute Gasteiger partial charge is 0.392 e. The lowest BCUT2D eigenvalue weighted by atomic mass is 9.90. The van der Waals surface area contributed by atoms with Gasteiger partial charge in [-0.3, -0.25) is 14.7 Å². The van der Waals surface area contributed by atoms with E-state index in [9.17, 15) is 9.90 Å². The molecule has 0 unspecified atom stereocenters. The van der Waals surface area contributed by atoms with Crippen LogP contribution in [0.4, 0.5) is 5.69 Å². The number of amides is 1. The number of rotatable bonds is 9. The molecule has 8 nitrogen and oxygen atoms in total. The van der Waals surface area contributed by atoms with Gasteiger partial charge in [0.05, 0.1) is 36.0 Å². The van der Waals surface area contributed by atoms with Crippen LogP contribution in [0.1, 0.15) is 52.1 Å². The van der Waals surface area contributed by atoms with Crippen molar-refractivity contribution in [3.63, 3.8) is 0 Å². The lowest BCUT2D eigenvalue weighted by Gasteiger charge is -2.42. The molecule has 0 spiro atoms. The van der Waals surface area contributed by atoms with Crippen molar-refractivity contribution in [1.82, 2.24) is 14.9 Å². The molecule has 1 amide bonds. The highest BCUT2D eigenvalue weighted by Crippen LogP contribution is 2.42. The minimum Gasteiger partial charge on any atom is -0.392 e. The number of aromatic nitrogens is 2. The van der Waals surface area contributed by atoms with Crippen LogP contribution < -0.4 is 5.32 Å². The maximum absolute atomic E-state index is 12.9. The molecule has 4 aromatic carbocycles. The van der Waals surface area contributed by atoms with Crippen molar-refractivity contribution in [3.8, 4) is 0 Å². The molecule has 1 aromatic heterocycles. The number of ether oxygens (including phenoxy) is 2. The van der Waals surface area contributed by atoms with E-state index >= 15 is 0 Å². The molecule has 5 aromatic rings. The van der Waals surface area contributed by atoms with Crippen molar-refractivity contribution in [1.29, 1.82) is 0 Å². The van der Waals surface area contributed by atoms with Gasteiger partial charge >= 0.3 is 0 Å². The van der Waals surface area contributed by atoms with Crippen molar-refractivity contribution >= 4 is 22.6 Å². The lowest BCUT2D eigenvalue weighted by molar-refractivity contribution is -0.276. The maximum atomic E-state index is 12.9. The molecule has 6 rings (SSSR count). The van der Waals surface area contributed by atoms with Crippen molar-refractivity contribution in [2.45, 2.75) is 38.6 Å². The molecule has 1 saturated heterocycles.